The Morgan fingerprint density at radius 2 is 1.76 bits per heavy atom. The first kappa shape index (κ1) is 16.8. The fourth-order valence-corrected chi connectivity index (χ4v) is 3.55. The number of nitrogens with zero attached hydrogens (tertiary/aromatic N) is 2. The summed E-state index contributed by atoms with van der Waals surface area (Å²) in [6, 6.07) is 3.75. The molecule has 0 saturated heterocycles. The van der Waals surface area contributed by atoms with Gasteiger partial charge in [0, 0.05) is 7.05 Å². The summed E-state index contributed by atoms with van der Waals surface area (Å²) in [5, 5.41) is 4.46. The second kappa shape index (κ2) is 7.15. The number of halogens is 3. The molecule has 0 spiro atoms. The molecule has 0 unspecified atom stereocenters. The highest BCUT2D eigenvalue weighted by Gasteiger charge is 2.14. The van der Waals surface area contributed by atoms with Crippen molar-refractivity contribution >= 4 is 47.8 Å². The average Bonchev–Trinajstić information content (AvgIpc) is 2.74. The Morgan fingerprint density at radius 3 is 2.33 bits per heavy atom. The molecule has 0 fully saturated rings. The van der Waals surface area contributed by atoms with Crippen LogP contribution >= 0.6 is 47.8 Å². The van der Waals surface area contributed by atoms with Gasteiger partial charge in [0.1, 0.15) is 18.1 Å². The number of methoxy groups -OCH3 is 1. The molecule has 0 radical (unpaired) electrons. The normalized spacial score (nSPS) is 10.8. The lowest BCUT2D eigenvalue weighted by atomic mass is 10.3. The molecule has 0 bridgehead atoms. The quantitative estimate of drug-likeness (QED) is 0.610. The first-order valence-corrected chi connectivity index (χ1v) is 8.71. The molecule has 2 rings (SSSR count). The summed E-state index contributed by atoms with van der Waals surface area (Å²) in [5.41, 5.74) is 2.04. The largest absolute Gasteiger partial charge is 0.496 e. The van der Waals surface area contributed by atoms with Gasteiger partial charge in [-0.05, 0) is 66.3 Å². The highest BCUT2D eigenvalue weighted by molar-refractivity contribution is 9.11. The Hall–Kier alpha value is -0.530. The van der Waals surface area contributed by atoms with Crippen molar-refractivity contribution in [2.24, 2.45) is 7.05 Å². The van der Waals surface area contributed by atoms with Crippen molar-refractivity contribution in [3.63, 3.8) is 0 Å². The van der Waals surface area contributed by atoms with Crippen LogP contribution in [0.5, 0.6) is 11.5 Å². The SMILES string of the molecule is CCc1nn(C)c(COc2cc(Br)c(OC)cc2Br)c1Br. The van der Waals surface area contributed by atoms with Crippen LogP contribution in [0.1, 0.15) is 18.3 Å². The number of rotatable bonds is 5. The van der Waals surface area contributed by atoms with Gasteiger partial charge in [-0.1, -0.05) is 6.92 Å². The molecule has 0 N–H and O–H groups in total. The van der Waals surface area contributed by atoms with Gasteiger partial charge in [0.25, 0.3) is 0 Å². The molecular formula is C14H15Br3N2O2. The highest BCUT2D eigenvalue weighted by Crippen LogP contribution is 2.36. The predicted molar refractivity (Wildman–Crippen MR) is 93.0 cm³/mol. The molecule has 0 aliphatic heterocycles. The highest BCUT2D eigenvalue weighted by atomic mass is 79.9. The van der Waals surface area contributed by atoms with Gasteiger partial charge >= 0.3 is 0 Å². The molecule has 1 aromatic carbocycles. The first-order chi connectivity index (χ1) is 9.97. The zero-order valence-electron chi connectivity index (χ0n) is 11.9. The zero-order valence-corrected chi connectivity index (χ0v) is 16.7. The van der Waals surface area contributed by atoms with E-state index in [9.17, 15) is 0 Å². The zero-order chi connectivity index (χ0) is 15.6. The van der Waals surface area contributed by atoms with E-state index in [4.69, 9.17) is 9.47 Å². The smallest absolute Gasteiger partial charge is 0.135 e. The van der Waals surface area contributed by atoms with E-state index in [2.05, 4.69) is 59.8 Å². The molecule has 0 saturated carbocycles. The van der Waals surface area contributed by atoms with Crippen LogP contribution in [0.25, 0.3) is 0 Å². The van der Waals surface area contributed by atoms with E-state index in [1.807, 2.05) is 23.9 Å². The van der Waals surface area contributed by atoms with Crippen LogP contribution in [0, 0.1) is 0 Å². The van der Waals surface area contributed by atoms with Crippen molar-refractivity contribution in [2.75, 3.05) is 7.11 Å². The lowest BCUT2D eigenvalue weighted by molar-refractivity contribution is 0.291. The molecule has 4 nitrogen and oxygen atoms in total. The number of hydrogen-bond acceptors (Lipinski definition) is 3. The summed E-state index contributed by atoms with van der Waals surface area (Å²) in [7, 11) is 3.55. The molecule has 2 aromatic rings. The predicted octanol–water partition coefficient (Wildman–Crippen LogP) is 4.86. The van der Waals surface area contributed by atoms with Crippen molar-refractivity contribution in [3.8, 4) is 11.5 Å². The van der Waals surface area contributed by atoms with Crippen LogP contribution < -0.4 is 9.47 Å². The lowest BCUT2D eigenvalue weighted by Gasteiger charge is -2.11. The summed E-state index contributed by atoms with van der Waals surface area (Å²) in [5.74, 6) is 1.50. The van der Waals surface area contributed by atoms with Crippen molar-refractivity contribution in [2.45, 2.75) is 20.0 Å². The van der Waals surface area contributed by atoms with Crippen LogP contribution in [-0.4, -0.2) is 16.9 Å². The van der Waals surface area contributed by atoms with E-state index in [1.165, 1.54) is 0 Å². The standard InChI is InChI=1S/C14H15Br3N2O2/c1-4-10-14(17)11(19(2)18-10)7-21-13-6-8(15)12(20-3)5-9(13)16/h5-6H,4,7H2,1-3H3. The van der Waals surface area contributed by atoms with Gasteiger partial charge in [-0.25, -0.2) is 0 Å². The molecule has 0 aliphatic rings. The molecule has 0 aliphatic carbocycles. The molecule has 1 aromatic heterocycles. The monoisotopic (exact) mass is 480 g/mol. The number of aromatic nitrogens is 2. The number of benzene rings is 1. The van der Waals surface area contributed by atoms with E-state index in [-0.39, 0.29) is 0 Å². The van der Waals surface area contributed by atoms with Crippen LogP contribution in [0.3, 0.4) is 0 Å². The minimum atomic E-state index is 0.432. The van der Waals surface area contributed by atoms with Crippen LogP contribution in [0.2, 0.25) is 0 Å². The number of hydrogen-bond donors (Lipinski definition) is 0. The Morgan fingerprint density at radius 1 is 1.14 bits per heavy atom. The van der Waals surface area contributed by atoms with Crippen molar-refractivity contribution in [1.82, 2.24) is 9.78 Å². The molecule has 7 heteroatoms. The molecular weight excluding hydrogens is 468 g/mol. The first-order valence-electron chi connectivity index (χ1n) is 6.34. The van der Waals surface area contributed by atoms with Crippen LogP contribution in [-0.2, 0) is 20.1 Å². The van der Waals surface area contributed by atoms with E-state index in [0.29, 0.717) is 6.61 Å². The molecule has 1 heterocycles. The van der Waals surface area contributed by atoms with Crippen molar-refractivity contribution < 1.29 is 9.47 Å². The Balaban J connectivity index is 2.21. The molecule has 0 atom stereocenters. The van der Waals surface area contributed by atoms with Gasteiger partial charge in [-0.3, -0.25) is 4.68 Å². The third kappa shape index (κ3) is 3.63. The maximum Gasteiger partial charge on any atom is 0.135 e. The molecule has 21 heavy (non-hydrogen) atoms. The average molecular weight is 483 g/mol. The minimum Gasteiger partial charge on any atom is -0.496 e. The summed E-state index contributed by atoms with van der Waals surface area (Å²) in [4.78, 5) is 0. The summed E-state index contributed by atoms with van der Waals surface area (Å²) in [6.45, 7) is 2.51. The van der Waals surface area contributed by atoms with Gasteiger partial charge in [0.05, 0.1) is 31.9 Å². The van der Waals surface area contributed by atoms with Gasteiger partial charge in [-0.2, -0.15) is 5.10 Å². The van der Waals surface area contributed by atoms with Crippen molar-refractivity contribution in [1.29, 1.82) is 0 Å². The van der Waals surface area contributed by atoms with E-state index < -0.39 is 0 Å². The second-order valence-corrected chi connectivity index (χ2v) is 6.89. The maximum atomic E-state index is 5.90. The summed E-state index contributed by atoms with van der Waals surface area (Å²) >= 11 is 10.5. The maximum absolute atomic E-state index is 5.90. The van der Waals surface area contributed by atoms with Gasteiger partial charge < -0.3 is 9.47 Å². The van der Waals surface area contributed by atoms with Crippen LogP contribution in [0.15, 0.2) is 25.6 Å². The minimum absolute atomic E-state index is 0.432. The third-order valence-corrected chi connectivity index (χ3v) is 5.23. The van der Waals surface area contributed by atoms with E-state index >= 15 is 0 Å². The molecule has 0 amide bonds. The summed E-state index contributed by atoms with van der Waals surface area (Å²) in [6.07, 6.45) is 0.881. The third-order valence-electron chi connectivity index (χ3n) is 3.07. The van der Waals surface area contributed by atoms with E-state index in [1.54, 1.807) is 7.11 Å². The second-order valence-electron chi connectivity index (χ2n) is 4.39. The fraction of sp³-hybridized carbons (Fsp3) is 0.357. The fourth-order valence-electron chi connectivity index (χ4n) is 1.90. The number of aryl methyl sites for hydroxylation is 2. The van der Waals surface area contributed by atoms with Gasteiger partial charge in [-0.15, -0.1) is 0 Å². The van der Waals surface area contributed by atoms with Gasteiger partial charge in [0.15, 0.2) is 0 Å². The van der Waals surface area contributed by atoms with Crippen LogP contribution in [0.4, 0.5) is 0 Å². The molecule has 114 valence electrons. The Kier molecular flexibility index (Phi) is 5.73. The summed E-state index contributed by atoms with van der Waals surface area (Å²) < 4.78 is 15.7. The van der Waals surface area contributed by atoms with Gasteiger partial charge in [0.2, 0.25) is 0 Å². The lowest BCUT2D eigenvalue weighted by Crippen LogP contribution is -2.04. The Bertz CT molecular complexity index is 656. The van der Waals surface area contributed by atoms with E-state index in [0.717, 1.165) is 42.7 Å². The number of ether oxygens (including phenoxy) is 2. The van der Waals surface area contributed by atoms with Crippen molar-refractivity contribution in [3.05, 3.63) is 36.9 Å². The topological polar surface area (TPSA) is 36.3 Å². The Labute approximate surface area is 149 Å².